The summed E-state index contributed by atoms with van der Waals surface area (Å²) in [5.74, 6) is 1.73. The lowest BCUT2D eigenvalue weighted by atomic mass is 9.89. The molecule has 4 saturated heterocycles. The number of aromatic nitrogens is 11. The average molecular weight is 1220 g/mol. The molecule has 16 unspecified atom stereocenters. The minimum Gasteiger partial charge on any atom is -0.463 e. The molecule has 11 rings (SSSR count). The number of aliphatic hydroxyl groups is 4. The molecule has 0 amide bonds. The van der Waals surface area contributed by atoms with Gasteiger partial charge in [0.05, 0.1) is 86.5 Å². The molecule has 0 bridgehead atoms. The maximum atomic E-state index is 11.4. The zero-order chi connectivity index (χ0) is 58.4. The largest absolute Gasteiger partial charge is 0.463 e. The lowest BCUT2D eigenvalue weighted by molar-refractivity contribution is -0.186. The van der Waals surface area contributed by atoms with Crippen molar-refractivity contribution in [2.75, 3.05) is 53.9 Å². The summed E-state index contributed by atoms with van der Waals surface area (Å²) in [6.45, 7) is 3.91. The second-order valence-corrected chi connectivity index (χ2v) is 23.8. The zero-order valence-electron chi connectivity index (χ0n) is 45.3. The molecule has 9 heterocycles. The number of rotatable bonds is 16. The number of ether oxygens (including phenoxy) is 7. The van der Waals surface area contributed by atoms with Crippen LogP contribution < -0.4 is 0 Å². The van der Waals surface area contributed by atoms with E-state index < -0.39 is 95.6 Å². The Balaban J connectivity index is 0.000000179. The van der Waals surface area contributed by atoms with Gasteiger partial charge >= 0.3 is 5.97 Å². The number of carbonyl (C=O) groups excluding carboxylic acids is 1. The molecule has 7 aromatic rings. The second kappa shape index (κ2) is 29.5. The van der Waals surface area contributed by atoms with E-state index in [1.807, 2.05) is 78.3 Å². The first-order chi connectivity index (χ1) is 40.4. The van der Waals surface area contributed by atoms with Crippen LogP contribution in [0.4, 0.5) is 0 Å². The van der Waals surface area contributed by atoms with Crippen molar-refractivity contribution < 1.29 is 58.4 Å². The Morgan fingerprint density at radius 3 is 1.78 bits per heavy atom. The first-order valence-electron chi connectivity index (χ1n) is 26.2. The SMILES string of the molecule is C#Cc1nccs1.COC1C(SC2COCC(n3cc(-c4ccccc4)nn3)C2O)OC(CO)C(O)C1n1cc(-c2nccs2)nn1.COC1C(SC2COCC(n3cc(-c4ccccc4)nn3)C2O)OC(COC(C)=O)C(C)C1N=[N+]=[N-]. The number of thiazole rings is 2. The lowest BCUT2D eigenvalue weighted by Crippen LogP contribution is -2.56. The lowest BCUT2D eigenvalue weighted by Gasteiger charge is -2.45. The van der Waals surface area contributed by atoms with Crippen LogP contribution in [-0.2, 0) is 38.0 Å². The van der Waals surface area contributed by atoms with Gasteiger partial charge in [-0.05, 0) is 17.4 Å². The summed E-state index contributed by atoms with van der Waals surface area (Å²) in [4.78, 5) is 22.5. The number of hydrogen-bond acceptors (Lipinski definition) is 25. The Labute approximate surface area is 493 Å². The fourth-order valence-electron chi connectivity index (χ4n) is 9.83. The molecule has 5 aromatic heterocycles. The highest BCUT2D eigenvalue weighted by molar-refractivity contribution is 8.00. The maximum Gasteiger partial charge on any atom is 0.302 e. The molecule has 26 nitrogen and oxygen atoms in total. The number of hydrogen-bond donors (Lipinski definition) is 4. The van der Waals surface area contributed by atoms with Crippen LogP contribution in [0.2, 0.25) is 0 Å². The predicted octanol–water partition coefficient (Wildman–Crippen LogP) is 4.75. The summed E-state index contributed by atoms with van der Waals surface area (Å²) >= 11 is 5.58. The van der Waals surface area contributed by atoms with Crippen molar-refractivity contribution in [2.45, 2.75) is 102 Å². The van der Waals surface area contributed by atoms with Crippen molar-refractivity contribution in [3.8, 4) is 45.6 Å². The van der Waals surface area contributed by atoms with Crippen LogP contribution in [-0.4, -0.2) is 205 Å². The van der Waals surface area contributed by atoms with E-state index in [4.69, 9.17) is 45.1 Å². The van der Waals surface area contributed by atoms with Gasteiger partial charge in [0.25, 0.3) is 0 Å². The van der Waals surface area contributed by atoms with Crippen LogP contribution in [0.15, 0.2) is 108 Å². The van der Waals surface area contributed by atoms with Gasteiger partial charge in [0, 0.05) is 60.3 Å². The zero-order valence-corrected chi connectivity index (χ0v) is 48.6. The molecular formula is C53H62N14O12S4. The summed E-state index contributed by atoms with van der Waals surface area (Å²) in [7, 11) is 3.05. The molecule has 0 radical (unpaired) electrons. The van der Waals surface area contributed by atoms with Gasteiger partial charge in [-0.1, -0.05) is 88.3 Å². The highest BCUT2D eigenvalue weighted by Gasteiger charge is 2.50. The number of azide groups is 1. The number of aliphatic hydroxyl groups excluding tert-OH is 4. The summed E-state index contributed by atoms with van der Waals surface area (Å²) in [6.07, 6.45) is 8.22. The van der Waals surface area contributed by atoms with E-state index in [-0.39, 0.29) is 44.2 Å². The number of esters is 1. The molecule has 0 aliphatic carbocycles. The molecular weight excluding hydrogens is 1150 g/mol. The molecule has 83 heavy (non-hydrogen) atoms. The molecule has 30 heteroatoms. The van der Waals surface area contributed by atoms with Gasteiger partial charge in [0.2, 0.25) is 0 Å². The van der Waals surface area contributed by atoms with Crippen LogP contribution in [0.25, 0.3) is 43.7 Å². The highest BCUT2D eigenvalue weighted by Crippen LogP contribution is 2.43. The molecule has 440 valence electrons. The average Bonchev–Trinajstić information content (AvgIpc) is 4.30. The van der Waals surface area contributed by atoms with Crippen LogP contribution in [0.5, 0.6) is 0 Å². The maximum absolute atomic E-state index is 11.4. The van der Waals surface area contributed by atoms with Crippen molar-refractivity contribution in [3.05, 3.63) is 118 Å². The fourth-order valence-corrected chi connectivity index (χ4v) is 13.9. The highest BCUT2D eigenvalue weighted by atomic mass is 32.2. The van der Waals surface area contributed by atoms with Gasteiger partial charge in [-0.2, -0.15) is 0 Å². The van der Waals surface area contributed by atoms with Crippen molar-refractivity contribution in [1.29, 1.82) is 0 Å². The van der Waals surface area contributed by atoms with Gasteiger partial charge < -0.3 is 53.6 Å². The Morgan fingerprint density at radius 2 is 1.29 bits per heavy atom. The van der Waals surface area contributed by atoms with Gasteiger partial charge in [0.15, 0.2) is 5.01 Å². The van der Waals surface area contributed by atoms with Crippen LogP contribution in [0, 0.1) is 18.3 Å². The molecule has 4 aliphatic rings. The Morgan fingerprint density at radius 1 is 0.759 bits per heavy atom. The van der Waals surface area contributed by atoms with Crippen LogP contribution >= 0.6 is 46.2 Å². The van der Waals surface area contributed by atoms with Crippen LogP contribution in [0.1, 0.15) is 37.0 Å². The monoisotopic (exact) mass is 1210 g/mol. The second-order valence-electron chi connectivity index (χ2n) is 19.3. The number of carbonyl (C=O) groups is 1. The van der Waals surface area contributed by atoms with Crippen molar-refractivity contribution in [2.24, 2.45) is 11.0 Å². The fraction of sp³-hybridized carbons (Fsp3) is 0.491. The van der Waals surface area contributed by atoms with E-state index >= 15 is 0 Å². The van der Waals surface area contributed by atoms with E-state index in [0.717, 1.165) is 16.1 Å². The van der Waals surface area contributed by atoms with Crippen molar-refractivity contribution >= 4 is 52.2 Å². The molecule has 4 N–H and O–H groups in total. The third-order valence-corrected chi connectivity index (χ3v) is 18.5. The molecule has 0 spiro atoms. The minimum atomic E-state index is -1.12. The van der Waals surface area contributed by atoms with Gasteiger partial charge in [-0.15, -0.1) is 67.9 Å². The van der Waals surface area contributed by atoms with Gasteiger partial charge in [-0.25, -0.2) is 24.0 Å². The van der Waals surface area contributed by atoms with E-state index in [9.17, 15) is 25.2 Å². The van der Waals surface area contributed by atoms with E-state index in [1.54, 1.807) is 40.3 Å². The summed E-state index contributed by atoms with van der Waals surface area (Å²) in [6, 6.07) is 17.2. The molecule has 2 aromatic carbocycles. The minimum absolute atomic E-state index is 0.0228. The van der Waals surface area contributed by atoms with Crippen molar-refractivity contribution in [1.82, 2.24) is 54.9 Å². The summed E-state index contributed by atoms with van der Waals surface area (Å²) in [5.41, 5.74) is 11.7. The molecule has 16 atom stereocenters. The van der Waals surface area contributed by atoms with E-state index in [1.165, 1.54) is 72.0 Å². The number of thioether (sulfide) groups is 2. The first-order valence-corrected chi connectivity index (χ1v) is 29.9. The number of benzene rings is 2. The van der Waals surface area contributed by atoms with Gasteiger partial charge in [-0.3, -0.25) is 4.79 Å². The third kappa shape index (κ3) is 14.8. The molecule has 4 fully saturated rings. The Hall–Kier alpha value is -6.24. The summed E-state index contributed by atoms with van der Waals surface area (Å²) < 4.78 is 45.6. The predicted molar refractivity (Wildman–Crippen MR) is 306 cm³/mol. The third-order valence-electron chi connectivity index (χ3n) is 14.2. The number of nitrogens with zero attached hydrogens (tertiary/aromatic N) is 14. The van der Waals surface area contributed by atoms with Gasteiger partial charge in [0.1, 0.15) is 82.1 Å². The number of methoxy groups -OCH3 is 2. The standard InChI is InChI=1S/C25H29N7O6S2.C23H30N6O6S.C5H3NS/c1-36-23-20(32-10-16(28-30-32)24-26-7-8-39-24)22(35)18(11-33)38-25(23)40-19-13-37-12-17(21(19)34)31-9-15(27-29-31)14-5-3-2-4-6-14;1-13-18(11-34-14(2)30)35-23(22(32-3)20(13)26-27-24)36-19-12-33-10-17(21(19)31)29-9-16(25-28-29)15-7-5-4-6-8-15;1-2-5-6-3-4-7-5/h2-10,17-23,25,33-35H,11-13H2,1H3;4-9,13,17-23,31H,10-12H2,1-3H3;1,3-4H. The van der Waals surface area contributed by atoms with E-state index in [0.29, 0.717) is 22.1 Å². The van der Waals surface area contributed by atoms with E-state index in [2.05, 4.69) is 56.9 Å². The Kier molecular flexibility index (Phi) is 21.8. The number of terminal acetylenes is 1. The summed E-state index contributed by atoms with van der Waals surface area (Å²) in [5, 5.41) is 77.6. The van der Waals surface area contributed by atoms with Crippen LogP contribution in [0.3, 0.4) is 0 Å². The van der Waals surface area contributed by atoms with Crippen molar-refractivity contribution in [3.63, 3.8) is 0 Å². The topological polar surface area (TPSA) is 329 Å². The molecule has 0 saturated carbocycles. The molecule has 4 aliphatic heterocycles. The Bertz CT molecular complexity index is 3190. The first kappa shape index (κ1) is 61.3. The quantitative estimate of drug-likeness (QED) is 0.0333. The smallest absolute Gasteiger partial charge is 0.302 e. The normalized spacial score (nSPS) is 29.6.